The summed E-state index contributed by atoms with van der Waals surface area (Å²) in [6, 6.07) is 15.3. The third-order valence-electron chi connectivity index (χ3n) is 5.38. The average molecular weight is 364 g/mol. The normalized spacial score (nSPS) is 17.0. The predicted octanol–water partition coefficient (Wildman–Crippen LogP) is 3.78. The van der Waals surface area contributed by atoms with Gasteiger partial charge in [-0.1, -0.05) is 30.3 Å². The van der Waals surface area contributed by atoms with Crippen LogP contribution in [0.3, 0.4) is 0 Å². The van der Waals surface area contributed by atoms with E-state index >= 15 is 0 Å². The molecule has 0 atom stereocenters. The van der Waals surface area contributed by atoms with Crippen molar-refractivity contribution in [3.8, 4) is 5.75 Å². The number of ether oxygens (including phenoxy) is 1. The Balaban J connectivity index is 1.56. The number of benzene rings is 2. The number of hydrogen-bond acceptors (Lipinski definition) is 3. The van der Waals surface area contributed by atoms with Crippen LogP contribution in [0.5, 0.6) is 5.75 Å². The van der Waals surface area contributed by atoms with Gasteiger partial charge in [0.1, 0.15) is 11.2 Å². The number of fused-ring (bicyclic) bond motifs is 1. The molecule has 4 rings (SSSR count). The molecule has 1 heterocycles. The number of rotatable bonds is 5. The molecule has 0 unspecified atom stereocenters. The molecular formula is C22H24N2O3. The van der Waals surface area contributed by atoms with E-state index in [4.69, 9.17) is 4.74 Å². The van der Waals surface area contributed by atoms with E-state index < -0.39 is 5.41 Å². The van der Waals surface area contributed by atoms with Crippen molar-refractivity contribution in [1.82, 2.24) is 0 Å². The van der Waals surface area contributed by atoms with Crippen LogP contribution in [0.2, 0.25) is 0 Å². The maximum atomic E-state index is 13.3. The number of aryl methyl sites for hydroxylation is 1. The van der Waals surface area contributed by atoms with E-state index in [1.165, 1.54) is 5.56 Å². The van der Waals surface area contributed by atoms with Crippen LogP contribution in [0.4, 0.5) is 11.4 Å². The lowest BCUT2D eigenvalue weighted by atomic mass is 9.97. The summed E-state index contributed by atoms with van der Waals surface area (Å²) >= 11 is 0. The monoisotopic (exact) mass is 364 g/mol. The Hall–Kier alpha value is -2.82. The minimum atomic E-state index is -0.955. The van der Waals surface area contributed by atoms with Crippen molar-refractivity contribution in [1.29, 1.82) is 0 Å². The first-order valence-corrected chi connectivity index (χ1v) is 9.59. The minimum Gasteiger partial charge on any atom is -0.492 e. The molecule has 5 nitrogen and oxygen atoms in total. The first-order chi connectivity index (χ1) is 13.2. The molecule has 0 aromatic heterocycles. The zero-order chi connectivity index (χ0) is 18.9. The predicted molar refractivity (Wildman–Crippen MR) is 105 cm³/mol. The molecule has 1 aliphatic heterocycles. The lowest BCUT2D eigenvalue weighted by Crippen LogP contribution is -2.45. The van der Waals surface area contributed by atoms with Crippen LogP contribution in [0.1, 0.15) is 31.7 Å². The van der Waals surface area contributed by atoms with E-state index in [9.17, 15) is 9.59 Å². The fourth-order valence-corrected chi connectivity index (χ4v) is 3.76. The summed E-state index contributed by atoms with van der Waals surface area (Å²) < 4.78 is 5.58. The molecule has 2 aromatic carbocycles. The Morgan fingerprint density at radius 3 is 2.63 bits per heavy atom. The molecule has 27 heavy (non-hydrogen) atoms. The van der Waals surface area contributed by atoms with E-state index in [0.29, 0.717) is 37.4 Å². The lowest BCUT2D eigenvalue weighted by Gasteiger charge is -2.32. The van der Waals surface area contributed by atoms with E-state index in [1.54, 1.807) is 11.0 Å². The van der Waals surface area contributed by atoms with Gasteiger partial charge in [0.2, 0.25) is 11.8 Å². The number of anilines is 2. The van der Waals surface area contributed by atoms with Crippen LogP contribution in [0.15, 0.2) is 48.5 Å². The Bertz CT molecular complexity index is 873. The average Bonchev–Trinajstić information content (AvgIpc) is 3.51. The zero-order valence-electron chi connectivity index (χ0n) is 15.5. The molecule has 1 N–H and O–H groups in total. The Morgan fingerprint density at radius 1 is 1.11 bits per heavy atom. The van der Waals surface area contributed by atoms with Gasteiger partial charge in [-0.2, -0.15) is 0 Å². The topological polar surface area (TPSA) is 58.6 Å². The van der Waals surface area contributed by atoms with Crippen LogP contribution in [0.25, 0.3) is 0 Å². The zero-order valence-corrected chi connectivity index (χ0v) is 15.5. The van der Waals surface area contributed by atoms with Crippen molar-refractivity contribution in [2.45, 2.75) is 32.6 Å². The second kappa shape index (κ2) is 7.06. The maximum Gasteiger partial charge on any atom is 0.242 e. The third kappa shape index (κ3) is 3.18. The van der Waals surface area contributed by atoms with Crippen molar-refractivity contribution in [2.75, 3.05) is 23.4 Å². The van der Waals surface area contributed by atoms with Crippen molar-refractivity contribution >= 4 is 23.2 Å². The number of amides is 2. The summed E-state index contributed by atoms with van der Waals surface area (Å²) in [6.07, 6.45) is 3.08. The molecule has 0 spiro atoms. The second-order valence-electron chi connectivity index (χ2n) is 7.15. The fourth-order valence-electron chi connectivity index (χ4n) is 3.76. The minimum absolute atomic E-state index is 0.0824. The number of nitrogens with zero attached hydrogens (tertiary/aromatic N) is 1. The second-order valence-corrected chi connectivity index (χ2v) is 7.15. The van der Waals surface area contributed by atoms with Crippen molar-refractivity contribution in [3.05, 3.63) is 54.1 Å². The molecule has 5 heteroatoms. The third-order valence-corrected chi connectivity index (χ3v) is 5.38. The first-order valence-electron chi connectivity index (χ1n) is 9.59. The summed E-state index contributed by atoms with van der Waals surface area (Å²) in [5.74, 6) is 0.309. The number of carbonyl (C=O) groups is 2. The van der Waals surface area contributed by atoms with Gasteiger partial charge in [-0.15, -0.1) is 0 Å². The lowest BCUT2D eigenvalue weighted by molar-refractivity contribution is -0.132. The summed E-state index contributed by atoms with van der Waals surface area (Å²) in [4.78, 5) is 28.2. The molecular weight excluding hydrogens is 340 g/mol. The molecule has 1 aliphatic carbocycles. The number of carbonyl (C=O) groups excluding carboxylic acids is 2. The molecule has 140 valence electrons. The Morgan fingerprint density at radius 2 is 1.85 bits per heavy atom. The van der Waals surface area contributed by atoms with Gasteiger partial charge < -0.3 is 15.0 Å². The summed E-state index contributed by atoms with van der Waals surface area (Å²) in [5, 5.41) is 2.93. The summed E-state index contributed by atoms with van der Waals surface area (Å²) in [7, 11) is 0. The van der Waals surface area contributed by atoms with E-state index in [1.807, 2.05) is 43.3 Å². The van der Waals surface area contributed by atoms with Crippen LogP contribution in [-0.2, 0) is 16.0 Å². The smallest absolute Gasteiger partial charge is 0.242 e. The van der Waals surface area contributed by atoms with E-state index in [-0.39, 0.29) is 11.8 Å². The van der Waals surface area contributed by atoms with Crippen LogP contribution in [0, 0.1) is 5.41 Å². The van der Waals surface area contributed by atoms with Gasteiger partial charge in [-0.3, -0.25) is 9.59 Å². The molecule has 0 bridgehead atoms. The summed E-state index contributed by atoms with van der Waals surface area (Å²) in [5.41, 5.74) is 1.78. The molecule has 1 fully saturated rings. The van der Waals surface area contributed by atoms with E-state index in [0.717, 1.165) is 18.5 Å². The Kier molecular flexibility index (Phi) is 4.60. The van der Waals surface area contributed by atoms with Gasteiger partial charge in [0.25, 0.3) is 0 Å². The van der Waals surface area contributed by atoms with Gasteiger partial charge in [0.05, 0.1) is 12.3 Å². The fraction of sp³-hybridized carbons (Fsp3) is 0.364. The highest BCUT2D eigenvalue weighted by atomic mass is 16.5. The Labute approximate surface area is 159 Å². The highest BCUT2D eigenvalue weighted by Crippen LogP contribution is 2.49. The van der Waals surface area contributed by atoms with Crippen molar-refractivity contribution in [2.24, 2.45) is 5.41 Å². The van der Waals surface area contributed by atoms with Gasteiger partial charge in [-0.25, -0.2) is 0 Å². The molecule has 0 radical (unpaired) electrons. The summed E-state index contributed by atoms with van der Waals surface area (Å²) in [6.45, 7) is 3.08. The number of hydrogen-bond donors (Lipinski definition) is 1. The van der Waals surface area contributed by atoms with Gasteiger partial charge in [0.15, 0.2) is 0 Å². The van der Waals surface area contributed by atoms with Crippen molar-refractivity contribution in [3.63, 3.8) is 0 Å². The van der Waals surface area contributed by atoms with Gasteiger partial charge in [0, 0.05) is 12.2 Å². The molecule has 2 aliphatic rings. The highest BCUT2D eigenvalue weighted by molar-refractivity contribution is 6.18. The van der Waals surface area contributed by atoms with Crippen LogP contribution >= 0.6 is 0 Å². The number of para-hydroxylation sites is 3. The molecule has 1 saturated carbocycles. The van der Waals surface area contributed by atoms with Crippen molar-refractivity contribution < 1.29 is 14.3 Å². The molecule has 2 aromatic rings. The maximum absolute atomic E-state index is 13.3. The number of nitrogens with one attached hydrogen (secondary N) is 1. The van der Waals surface area contributed by atoms with Crippen LogP contribution in [-0.4, -0.2) is 25.0 Å². The van der Waals surface area contributed by atoms with E-state index in [2.05, 4.69) is 11.4 Å². The SMILES string of the molecule is CCOc1ccccc1NC(=O)C1(C(=O)N2CCCc3ccccc32)CC1. The first kappa shape index (κ1) is 17.6. The quantitative estimate of drug-likeness (QED) is 0.822. The molecule has 2 amide bonds. The van der Waals surface area contributed by atoms with Gasteiger partial charge in [-0.05, 0) is 56.4 Å². The van der Waals surface area contributed by atoms with Gasteiger partial charge >= 0.3 is 0 Å². The largest absolute Gasteiger partial charge is 0.492 e. The molecule has 0 saturated heterocycles. The standard InChI is InChI=1S/C22H24N2O3/c1-2-27-19-12-6-4-10-17(19)23-20(25)22(13-14-22)21(26)24-15-7-9-16-8-3-5-11-18(16)24/h3-6,8,10-12H,2,7,9,13-15H2,1H3,(H,23,25). The highest BCUT2D eigenvalue weighted by Gasteiger charge is 2.58. The van der Waals surface area contributed by atoms with Crippen LogP contribution < -0.4 is 15.0 Å².